The Morgan fingerprint density at radius 3 is 2.79 bits per heavy atom. The maximum absolute atomic E-state index is 12.9. The summed E-state index contributed by atoms with van der Waals surface area (Å²) in [4.78, 5) is 10.1. The molecule has 0 spiro atoms. The Balaban J connectivity index is 2.76. The fourth-order valence-electron chi connectivity index (χ4n) is 0.733. The molecule has 2 nitrogen and oxygen atoms in total. The molecule has 1 aromatic carbocycles. The Kier molecular flexibility index (Phi) is 3.64. The van der Waals surface area contributed by atoms with Crippen LogP contribution in [-0.4, -0.2) is 11.1 Å². The first-order valence-electron chi connectivity index (χ1n) is 3.61. The van der Waals surface area contributed by atoms with E-state index in [4.69, 9.17) is 5.11 Å². The van der Waals surface area contributed by atoms with E-state index in [0.29, 0.717) is 0 Å². The van der Waals surface area contributed by atoms with E-state index >= 15 is 0 Å². The fourth-order valence-corrected chi connectivity index (χ4v) is 1.43. The minimum absolute atomic E-state index is 0.0579. The predicted octanol–water partition coefficient (Wildman–Crippen LogP) is 2.66. The van der Waals surface area contributed by atoms with Gasteiger partial charge in [0.05, 0.1) is 4.90 Å². The van der Waals surface area contributed by atoms with E-state index in [1.54, 1.807) is 0 Å². The van der Waals surface area contributed by atoms with E-state index in [-0.39, 0.29) is 4.90 Å². The van der Waals surface area contributed by atoms with E-state index in [0.717, 1.165) is 36.0 Å². The first-order chi connectivity index (χ1) is 6.59. The second-order valence-electron chi connectivity index (χ2n) is 2.33. The van der Waals surface area contributed by atoms with Gasteiger partial charge in [-0.2, -0.15) is 0 Å². The third kappa shape index (κ3) is 3.18. The van der Waals surface area contributed by atoms with E-state index in [1.165, 1.54) is 5.41 Å². The van der Waals surface area contributed by atoms with Gasteiger partial charge in [-0.1, -0.05) is 11.8 Å². The normalized spacial score (nSPS) is 10.7. The second-order valence-corrected chi connectivity index (χ2v) is 3.28. The molecule has 0 aliphatic rings. The van der Waals surface area contributed by atoms with Gasteiger partial charge in [-0.05, 0) is 23.6 Å². The number of carboxylic acids is 1. The van der Waals surface area contributed by atoms with Crippen LogP contribution in [0, 0.1) is 11.6 Å². The van der Waals surface area contributed by atoms with Gasteiger partial charge in [0.25, 0.3) is 0 Å². The predicted molar refractivity (Wildman–Crippen MR) is 49.0 cm³/mol. The van der Waals surface area contributed by atoms with Crippen LogP contribution in [0.25, 0.3) is 0 Å². The molecule has 5 heteroatoms. The van der Waals surface area contributed by atoms with Crippen LogP contribution in [0.2, 0.25) is 0 Å². The molecule has 14 heavy (non-hydrogen) atoms. The van der Waals surface area contributed by atoms with Crippen LogP contribution in [0.4, 0.5) is 8.78 Å². The molecular weight excluding hydrogens is 210 g/mol. The van der Waals surface area contributed by atoms with Gasteiger partial charge < -0.3 is 5.11 Å². The van der Waals surface area contributed by atoms with Gasteiger partial charge in [-0.15, -0.1) is 0 Å². The van der Waals surface area contributed by atoms with Gasteiger partial charge in [0.1, 0.15) is 11.6 Å². The number of halogens is 2. The first kappa shape index (κ1) is 10.7. The van der Waals surface area contributed by atoms with Crippen molar-refractivity contribution < 1.29 is 18.7 Å². The van der Waals surface area contributed by atoms with Crippen molar-refractivity contribution in [3.63, 3.8) is 0 Å². The molecule has 0 saturated heterocycles. The van der Waals surface area contributed by atoms with Crippen molar-refractivity contribution in [2.75, 3.05) is 0 Å². The van der Waals surface area contributed by atoms with Crippen LogP contribution in [0.3, 0.4) is 0 Å². The zero-order valence-corrected chi connectivity index (χ0v) is 7.72. The minimum Gasteiger partial charge on any atom is -0.478 e. The van der Waals surface area contributed by atoms with Gasteiger partial charge in [0.15, 0.2) is 0 Å². The molecule has 74 valence electrons. The summed E-state index contributed by atoms with van der Waals surface area (Å²) in [6.07, 6.45) is 0.856. The fraction of sp³-hybridized carbons (Fsp3) is 0. The molecule has 0 aromatic heterocycles. The Labute approximate surface area is 83.2 Å². The summed E-state index contributed by atoms with van der Waals surface area (Å²) in [6.45, 7) is 0. The summed E-state index contributed by atoms with van der Waals surface area (Å²) in [7, 11) is 0. The molecule has 0 fully saturated rings. The molecular formula is C9H6F2O2S. The molecule has 1 rings (SSSR count). The van der Waals surface area contributed by atoms with Crippen molar-refractivity contribution in [2.24, 2.45) is 0 Å². The molecule has 0 unspecified atom stereocenters. The van der Waals surface area contributed by atoms with Crippen LogP contribution in [0.15, 0.2) is 34.6 Å². The smallest absolute Gasteiger partial charge is 0.328 e. The van der Waals surface area contributed by atoms with E-state index in [1.807, 2.05) is 0 Å². The Morgan fingerprint density at radius 1 is 1.43 bits per heavy atom. The SMILES string of the molecule is O=C(O)/C=C\Sc1cc(F)ccc1F. The summed E-state index contributed by atoms with van der Waals surface area (Å²) in [5.41, 5.74) is 0. The molecule has 0 atom stereocenters. The number of hydrogen-bond donors (Lipinski definition) is 1. The number of hydrogen-bond acceptors (Lipinski definition) is 2. The highest BCUT2D eigenvalue weighted by atomic mass is 32.2. The maximum Gasteiger partial charge on any atom is 0.328 e. The zero-order chi connectivity index (χ0) is 10.6. The van der Waals surface area contributed by atoms with Crippen molar-refractivity contribution in [3.05, 3.63) is 41.3 Å². The first-order valence-corrected chi connectivity index (χ1v) is 4.49. The minimum atomic E-state index is -1.13. The standard InChI is InChI=1S/C9H6F2O2S/c10-6-1-2-7(11)8(5-6)14-4-3-9(12)13/h1-5H,(H,12,13)/b4-3-. The largest absolute Gasteiger partial charge is 0.478 e. The number of benzene rings is 1. The number of carboxylic acid groups (broad SMARTS) is 1. The summed E-state index contributed by atoms with van der Waals surface area (Å²) in [6, 6.07) is 3.00. The molecule has 0 saturated carbocycles. The lowest BCUT2D eigenvalue weighted by molar-refractivity contribution is -0.131. The van der Waals surface area contributed by atoms with E-state index in [2.05, 4.69) is 0 Å². The van der Waals surface area contributed by atoms with E-state index < -0.39 is 17.6 Å². The zero-order valence-electron chi connectivity index (χ0n) is 6.91. The Morgan fingerprint density at radius 2 is 2.14 bits per heavy atom. The molecule has 0 amide bonds. The average molecular weight is 216 g/mol. The molecule has 1 N–H and O–H groups in total. The molecule has 0 aliphatic heterocycles. The monoisotopic (exact) mass is 216 g/mol. The van der Waals surface area contributed by atoms with E-state index in [9.17, 15) is 13.6 Å². The second kappa shape index (κ2) is 4.76. The molecule has 0 aliphatic carbocycles. The van der Waals surface area contributed by atoms with Gasteiger partial charge in [-0.3, -0.25) is 0 Å². The molecule has 1 aromatic rings. The van der Waals surface area contributed by atoms with Crippen LogP contribution in [-0.2, 0) is 4.79 Å². The summed E-state index contributed by atoms with van der Waals surface area (Å²) < 4.78 is 25.5. The lowest BCUT2D eigenvalue weighted by Gasteiger charge is -1.97. The van der Waals surface area contributed by atoms with Crippen LogP contribution < -0.4 is 0 Å². The average Bonchev–Trinajstić information content (AvgIpc) is 2.10. The van der Waals surface area contributed by atoms with Crippen LogP contribution in [0.1, 0.15) is 0 Å². The third-order valence-corrected chi connectivity index (χ3v) is 2.14. The van der Waals surface area contributed by atoms with Gasteiger partial charge in [0, 0.05) is 6.08 Å². The molecule has 0 radical (unpaired) electrons. The Bertz CT molecular complexity index is 377. The van der Waals surface area contributed by atoms with Gasteiger partial charge in [0.2, 0.25) is 0 Å². The van der Waals surface area contributed by atoms with Crippen molar-refractivity contribution in [1.29, 1.82) is 0 Å². The number of aliphatic carboxylic acids is 1. The third-order valence-electron chi connectivity index (χ3n) is 1.30. The maximum atomic E-state index is 12.9. The van der Waals surface area contributed by atoms with Crippen molar-refractivity contribution in [2.45, 2.75) is 4.90 Å². The lowest BCUT2D eigenvalue weighted by Crippen LogP contribution is -1.85. The quantitative estimate of drug-likeness (QED) is 0.623. The number of carbonyl (C=O) groups is 1. The van der Waals surface area contributed by atoms with Gasteiger partial charge >= 0.3 is 5.97 Å². The molecule has 0 bridgehead atoms. The highest BCUT2D eigenvalue weighted by Gasteiger charge is 2.02. The lowest BCUT2D eigenvalue weighted by atomic mass is 10.3. The summed E-state index contributed by atoms with van der Waals surface area (Å²) in [5, 5.41) is 9.43. The van der Waals surface area contributed by atoms with Crippen molar-refractivity contribution >= 4 is 17.7 Å². The number of rotatable bonds is 3. The summed E-state index contributed by atoms with van der Waals surface area (Å²) in [5.74, 6) is -2.27. The van der Waals surface area contributed by atoms with Gasteiger partial charge in [-0.25, -0.2) is 13.6 Å². The van der Waals surface area contributed by atoms with Crippen molar-refractivity contribution in [1.82, 2.24) is 0 Å². The molecule has 0 heterocycles. The highest BCUT2D eigenvalue weighted by molar-refractivity contribution is 8.02. The number of thioether (sulfide) groups is 1. The van der Waals surface area contributed by atoms with Crippen LogP contribution >= 0.6 is 11.8 Å². The van der Waals surface area contributed by atoms with Crippen molar-refractivity contribution in [3.8, 4) is 0 Å². The van der Waals surface area contributed by atoms with Crippen LogP contribution in [0.5, 0.6) is 0 Å². The topological polar surface area (TPSA) is 37.3 Å². The highest BCUT2D eigenvalue weighted by Crippen LogP contribution is 2.23. The summed E-state index contributed by atoms with van der Waals surface area (Å²) >= 11 is 0.813. The Hall–Kier alpha value is -1.36.